The molecule has 3 nitrogen and oxygen atoms in total. The van der Waals surface area contributed by atoms with Crippen molar-refractivity contribution in [1.82, 2.24) is 14.8 Å². The van der Waals surface area contributed by atoms with Crippen LogP contribution in [-0.4, -0.2) is 14.8 Å². The third-order valence-corrected chi connectivity index (χ3v) is 1.90. The number of hydrogen-bond acceptors (Lipinski definition) is 2. The Morgan fingerprint density at radius 1 is 1.88 bits per heavy atom. The first-order valence-electron chi connectivity index (χ1n) is 1.98. The summed E-state index contributed by atoms with van der Waals surface area (Å²) in [6.07, 6.45) is 0. The van der Waals surface area contributed by atoms with Gasteiger partial charge < -0.3 is 0 Å². The molecule has 44 valence electrons. The fourth-order valence-corrected chi connectivity index (χ4v) is 0.843. The van der Waals surface area contributed by atoms with Crippen LogP contribution in [0.3, 0.4) is 0 Å². The first kappa shape index (κ1) is 5.97. The Labute approximate surface area is 59.8 Å². The number of nitrogens with zero attached hydrogens (tertiary/aromatic N) is 2. The third kappa shape index (κ3) is 0.830. The molecule has 1 aromatic heterocycles. The molecule has 5 heteroatoms. The van der Waals surface area contributed by atoms with Gasteiger partial charge in [-0.3, -0.25) is 9.67 Å². The zero-order valence-corrected chi connectivity index (χ0v) is 6.58. The highest BCUT2D eigenvalue weighted by Gasteiger charge is 1.92. The van der Waals surface area contributed by atoms with E-state index in [4.69, 9.17) is 12.2 Å². The van der Waals surface area contributed by atoms with Crippen LogP contribution in [0.25, 0.3) is 0 Å². The summed E-state index contributed by atoms with van der Waals surface area (Å²) < 4.78 is 3.08. The summed E-state index contributed by atoms with van der Waals surface area (Å²) in [5, 5.41) is 6.38. The minimum atomic E-state index is 0.622. The van der Waals surface area contributed by atoms with E-state index in [1.807, 2.05) is 7.05 Å². The van der Waals surface area contributed by atoms with Gasteiger partial charge in [-0.1, -0.05) is 0 Å². The topological polar surface area (TPSA) is 33.6 Å². The number of halogens is 1. The Morgan fingerprint density at radius 3 is 2.62 bits per heavy atom. The van der Waals surface area contributed by atoms with E-state index in [0.717, 1.165) is 4.73 Å². The van der Waals surface area contributed by atoms with Crippen molar-refractivity contribution in [2.45, 2.75) is 0 Å². The van der Waals surface area contributed by atoms with E-state index in [2.05, 4.69) is 26.1 Å². The molecule has 8 heavy (non-hydrogen) atoms. The monoisotopic (exact) mass is 193 g/mol. The quantitative estimate of drug-likeness (QED) is 0.630. The van der Waals surface area contributed by atoms with E-state index in [0.29, 0.717) is 4.77 Å². The van der Waals surface area contributed by atoms with Crippen molar-refractivity contribution in [3.8, 4) is 0 Å². The van der Waals surface area contributed by atoms with Crippen molar-refractivity contribution in [3.63, 3.8) is 0 Å². The second-order valence-electron chi connectivity index (χ2n) is 1.36. The first-order valence-corrected chi connectivity index (χ1v) is 3.19. The normalized spacial score (nSPS) is 9.75. The van der Waals surface area contributed by atoms with Gasteiger partial charge in [-0.05, 0) is 28.1 Å². The fraction of sp³-hybridized carbons (Fsp3) is 0.333. The van der Waals surface area contributed by atoms with Crippen LogP contribution in [0.5, 0.6) is 0 Å². The van der Waals surface area contributed by atoms with E-state index in [-0.39, 0.29) is 0 Å². The minimum absolute atomic E-state index is 0.622. The molecule has 0 aliphatic carbocycles. The molecule has 1 heterocycles. The average molecular weight is 194 g/mol. The molecule has 1 N–H and O–H groups in total. The number of rotatable bonds is 0. The van der Waals surface area contributed by atoms with E-state index in [1.54, 1.807) is 4.57 Å². The molecule has 0 atom stereocenters. The van der Waals surface area contributed by atoms with Gasteiger partial charge in [-0.25, -0.2) is 0 Å². The van der Waals surface area contributed by atoms with Gasteiger partial charge in [0.1, 0.15) is 0 Å². The number of aromatic amines is 1. The lowest BCUT2D eigenvalue weighted by Crippen LogP contribution is -1.85. The third-order valence-electron chi connectivity index (χ3n) is 0.825. The van der Waals surface area contributed by atoms with Gasteiger partial charge in [-0.2, -0.15) is 0 Å². The van der Waals surface area contributed by atoms with E-state index in [9.17, 15) is 0 Å². The van der Waals surface area contributed by atoms with Crippen molar-refractivity contribution in [1.29, 1.82) is 0 Å². The van der Waals surface area contributed by atoms with Gasteiger partial charge in [0.2, 0.25) is 0 Å². The minimum Gasteiger partial charge on any atom is -0.298 e. The molecule has 0 amide bonds. The van der Waals surface area contributed by atoms with Gasteiger partial charge in [0, 0.05) is 7.05 Å². The smallest absolute Gasteiger partial charge is 0.198 e. The maximum atomic E-state index is 4.79. The maximum Gasteiger partial charge on any atom is 0.198 e. The Hall–Kier alpha value is -0.160. The molecule has 0 bridgehead atoms. The van der Waals surface area contributed by atoms with Crippen molar-refractivity contribution < 1.29 is 0 Å². The highest BCUT2D eigenvalue weighted by Crippen LogP contribution is 2.01. The van der Waals surface area contributed by atoms with Gasteiger partial charge in [0.25, 0.3) is 0 Å². The van der Waals surface area contributed by atoms with Crippen LogP contribution in [-0.2, 0) is 7.05 Å². The lowest BCUT2D eigenvalue weighted by atomic mass is 11.1. The summed E-state index contributed by atoms with van der Waals surface area (Å²) in [5.41, 5.74) is 0. The largest absolute Gasteiger partial charge is 0.298 e. The zero-order chi connectivity index (χ0) is 6.15. The number of aromatic nitrogens is 3. The van der Waals surface area contributed by atoms with Crippen LogP contribution in [0.4, 0.5) is 0 Å². The molecule has 0 saturated heterocycles. The summed E-state index contributed by atoms with van der Waals surface area (Å²) in [6.45, 7) is 0. The molecule has 0 aliphatic heterocycles. The maximum absolute atomic E-state index is 4.79. The molecular formula is C3H4BrN3S. The van der Waals surface area contributed by atoms with E-state index >= 15 is 0 Å². The second-order valence-corrected chi connectivity index (χ2v) is 2.45. The Morgan fingerprint density at radius 2 is 2.50 bits per heavy atom. The van der Waals surface area contributed by atoms with Crippen LogP contribution in [0.1, 0.15) is 0 Å². The summed E-state index contributed by atoms with van der Waals surface area (Å²) in [4.78, 5) is 0. The lowest BCUT2D eigenvalue weighted by Gasteiger charge is -1.84. The van der Waals surface area contributed by atoms with Crippen molar-refractivity contribution in [3.05, 3.63) is 9.50 Å². The highest BCUT2D eigenvalue weighted by molar-refractivity contribution is 9.10. The van der Waals surface area contributed by atoms with E-state index < -0.39 is 0 Å². The molecule has 0 unspecified atom stereocenters. The van der Waals surface area contributed by atoms with E-state index in [1.165, 1.54) is 0 Å². The molecule has 0 fully saturated rings. The molecule has 1 aromatic rings. The summed E-state index contributed by atoms with van der Waals surface area (Å²) in [6, 6.07) is 0. The predicted molar refractivity (Wildman–Crippen MR) is 36.1 cm³/mol. The molecular weight excluding hydrogens is 190 g/mol. The Bertz CT molecular complexity index is 237. The van der Waals surface area contributed by atoms with Crippen LogP contribution in [0.2, 0.25) is 0 Å². The first-order chi connectivity index (χ1) is 3.72. The zero-order valence-electron chi connectivity index (χ0n) is 4.18. The molecule has 0 aliphatic rings. The van der Waals surface area contributed by atoms with Gasteiger partial charge in [0.15, 0.2) is 9.50 Å². The predicted octanol–water partition coefficient (Wildman–Crippen LogP) is 1.24. The summed E-state index contributed by atoms with van der Waals surface area (Å²) in [5.74, 6) is 0. The van der Waals surface area contributed by atoms with Crippen molar-refractivity contribution in [2.24, 2.45) is 7.05 Å². The Balaban J connectivity index is 3.41. The van der Waals surface area contributed by atoms with Crippen molar-refractivity contribution in [2.75, 3.05) is 0 Å². The molecule has 0 saturated carbocycles. The molecule has 0 aromatic carbocycles. The lowest BCUT2D eigenvalue weighted by molar-refractivity contribution is 0.867. The number of nitrogens with one attached hydrogen (secondary N) is 1. The van der Waals surface area contributed by atoms with Crippen LogP contribution in [0, 0.1) is 4.77 Å². The van der Waals surface area contributed by atoms with Crippen molar-refractivity contribution >= 4 is 28.1 Å². The number of H-pyrrole nitrogens is 1. The van der Waals surface area contributed by atoms with Gasteiger partial charge in [-0.15, -0.1) is 5.10 Å². The SMILES string of the molecule is Cn1c(Br)n[nH]c1=S. The van der Waals surface area contributed by atoms with Crippen LogP contribution >= 0.6 is 28.1 Å². The Kier molecular flexibility index (Phi) is 1.48. The molecule has 1 rings (SSSR count). The summed E-state index contributed by atoms with van der Waals surface area (Å²) in [7, 11) is 1.83. The van der Waals surface area contributed by atoms with Gasteiger partial charge >= 0.3 is 0 Å². The van der Waals surface area contributed by atoms with Crippen LogP contribution < -0.4 is 0 Å². The standard InChI is InChI=1S/C3H4BrN3S/c1-7-2(4)5-6-3(7)8/h1H3,(H,6,8). The highest BCUT2D eigenvalue weighted by atomic mass is 79.9. The second kappa shape index (κ2) is 1.99. The fourth-order valence-electron chi connectivity index (χ4n) is 0.328. The molecule has 0 spiro atoms. The van der Waals surface area contributed by atoms with Crippen LogP contribution in [0.15, 0.2) is 4.73 Å². The molecule has 0 radical (unpaired) electrons. The average Bonchev–Trinajstić information content (AvgIpc) is 1.98. The van der Waals surface area contributed by atoms with Gasteiger partial charge in [0.05, 0.1) is 0 Å². The number of hydrogen-bond donors (Lipinski definition) is 1. The summed E-state index contributed by atoms with van der Waals surface area (Å²) >= 11 is 7.96.